The lowest BCUT2D eigenvalue weighted by atomic mass is 9.90. The highest BCUT2D eigenvalue weighted by atomic mass is 16.7. The van der Waals surface area contributed by atoms with Gasteiger partial charge in [0, 0.05) is 42.8 Å². The largest absolute Gasteiger partial charge is 0.454 e. The van der Waals surface area contributed by atoms with E-state index in [1.807, 2.05) is 25.1 Å². The number of carbonyl (C=O) groups is 1. The molecule has 0 spiro atoms. The molecule has 2 aliphatic heterocycles. The third-order valence-electron chi connectivity index (χ3n) is 5.13. The van der Waals surface area contributed by atoms with E-state index in [0.29, 0.717) is 23.6 Å². The molecule has 2 aliphatic rings. The van der Waals surface area contributed by atoms with Gasteiger partial charge in [0.15, 0.2) is 17.3 Å². The SMILES string of the molecule is CCCc1nc(C)cc(N2CCC[C@H](C(=O)c3ccc4c(c3)OCO4)C2)n1. The van der Waals surface area contributed by atoms with E-state index in [1.165, 1.54) is 0 Å². The molecule has 0 saturated carbocycles. The Morgan fingerprint density at radius 2 is 2.07 bits per heavy atom. The van der Waals surface area contributed by atoms with Crippen molar-refractivity contribution in [1.29, 1.82) is 0 Å². The average Bonchev–Trinajstić information content (AvgIpc) is 3.15. The maximum atomic E-state index is 13.1. The molecule has 1 fully saturated rings. The van der Waals surface area contributed by atoms with Crippen molar-refractivity contribution < 1.29 is 14.3 Å². The van der Waals surface area contributed by atoms with Gasteiger partial charge in [0.25, 0.3) is 0 Å². The van der Waals surface area contributed by atoms with Gasteiger partial charge in [-0.25, -0.2) is 9.97 Å². The van der Waals surface area contributed by atoms with Crippen molar-refractivity contribution in [2.75, 3.05) is 24.8 Å². The summed E-state index contributed by atoms with van der Waals surface area (Å²) in [7, 11) is 0. The predicted octanol–water partition coefficient (Wildman–Crippen LogP) is 3.57. The van der Waals surface area contributed by atoms with Gasteiger partial charge in [-0.15, -0.1) is 0 Å². The minimum atomic E-state index is -0.0379. The number of carbonyl (C=O) groups excluding carboxylic acids is 1. The summed E-state index contributed by atoms with van der Waals surface area (Å²) in [5, 5.41) is 0. The van der Waals surface area contributed by atoms with Crippen LogP contribution in [0.5, 0.6) is 11.5 Å². The van der Waals surface area contributed by atoms with Crippen molar-refractivity contribution in [2.24, 2.45) is 5.92 Å². The Bertz CT molecular complexity index is 853. The number of anilines is 1. The third-order valence-corrected chi connectivity index (χ3v) is 5.13. The maximum absolute atomic E-state index is 13.1. The van der Waals surface area contributed by atoms with Crippen LogP contribution in [0.25, 0.3) is 0 Å². The van der Waals surface area contributed by atoms with Gasteiger partial charge in [0.05, 0.1) is 0 Å². The Kier molecular flexibility index (Phi) is 4.97. The maximum Gasteiger partial charge on any atom is 0.231 e. The molecule has 4 rings (SSSR count). The molecule has 0 N–H and O–H groups in total. The van der Waals surface area contributed by atoms with Gasteiger partial charge in [0.2, 0.25) is 6.79 Å². The van der Waals surface area contributed by atoms with Crippen LogP contribution in [0.15, 0.2) is 24.3 Å². The number of aryl methyl sites for hydroxylation is 2. The highest BCUT2D eigenvalue weighted by Crippen LogP contribution is 2.34. The Hall–Kier alpha value is -2.63. The molecule has 1 aromatic heterocycles. The summed E-state index contributed by atoms with van der Waals surface area (Å²) in [5.74, 6) is 3.31. The molecule has 3 heterocycles. The Morgan fingerprint density at radius 3 is 2.93 bits per heavy atom. The van der Waals surface area contributed by atoms with Crippen LogP contribution >= 0.6 is 0 Å². The summed E-state index contributed by atoms with van der Waals surface area (Å²) in [4.78, 5) is 24.5. The molecule has 142 valence electrons. The van der Waals surface area contributed by atoms with E-state index >= 15 is 0 Å². The van der Waals surface area contributed by atoms with Gasteiger partial charge in [-0.2, -0.15) is 0 Å². The molecule has 0 unspecified atom stereocenters. The van der Waals surface area contributed by atoms with Gasteiger partial charge >= 0.3 is 0 Å². The van der Waals surface area contributed by atoms with Crippen molar-refractivity contribution in [3.63, 3.8) is 0 Å². The van der Waals surface area contributed by atoms with E-state index in [0.717, 1.165) is 49.6 Å². The normalized spacial score (nSPS) is 18.6. The van der Waals surface area contributed by atoms with Crippen LogP contribution in [0.4, 0.5) is 5.82 Å². The fourth-order valence-electron chi connectivity index (χ4n) is 3.79. The van der Waals surface area contributed by atoms with Crippen LogP contribution in [-0.2, 0) is 6.42 Å². The minimum Gasteiger partial charge on any atom is -0.454 e. The van der Waals surface area contributed by atoms with E-state index < -0.39 is 0 Å². The number of hydrogen-bond acceptors (Lipinski definition) is 6. The van der Waals surface area contributed by atoms with Crippen molar-refractivity contribution in [2.45, 2.75) is 39.5 Å². The second-order valence-corrected chi connectivity index (χ2v) is 7.25. The van der Waals surface area contributed by atoms with E-state index in [1.54, 1.807) is 6.07 Å². The van der Waals surface area contributed by atoms with E-state index in [4.69, 9.17) is 14.5 Å². The molecule has 1 saturated heterocycles. The second-order valence-electron chi connectivity index (χ2n) is 7.25. The summed E-state index contributed by atoms with van der Waals surface area (Å²) in [5.41, 5.74) is 1.67. The monoisotopic (exact) mass is 367 g/mol. The van der Waals surface area contributed by atoms with E-state index in [-0.39, 0.29) is 18.5 Å². The zero-order chi connectivity index (χ0) is 18.8. The number of ether oxygens (including phenoxy) is 2. The molecule has 0 bridgehead atoms. The first-order chi connectivity index (χ1) is 13.1. The standard InChI is InChI=1S/C21H25N3O3/c1-3-5-19-22-14(2)10-20(23-19)24-9-4-6-16(12-24)21(25)15-7-8-17-18(11-15)27-13-26-17/h7-8,10-11,16H,3-6,9,12-13H2,1-2H3/t16-/m0/s1. The zero-order valence-corrected chi connectivity index (χ0v) is 15.9. The van der Waals surface area contributed by atoms with Crippen molar-refractivity contribution in [3.05, 3.63) is 41.3 Å². The van der Waals surface area contributed by atoms with Crippen molar-refractivity contribution in [1.82, 2.24) is 9.97 Å². The molecule has 1 aromatic carbocycles. The lowest BCUT2D eigenvalue weighted by Crippen LogP contribution is -2.39. The fourth-order valence-corrected chi connectivity index (χ4v) is 3.79. The Labute approximate surface area is 159 Å². The predicted molar refractivity (Wildman–Crippen MR) is 103 cm³/mol. The number of nitrogens with zero attached hydrogens (tertiary/aromatic N) is 3. The lowest BCUT2D eigenvalue weighted by molar-refractivity contribution is 0.0906. The molecule has 6 heteroatoms. The summed E-state index contributed by atoms with van der Waals surface area (Å²) < 4.78 is 10.8. The number of Topliss-reactive ketones (excluding diaryl/α,β-unsaturated/α-hetero) is 1. The zero-order valence-electron chi connectivity index (χ0n) is 15.9. The summed E-state index contributed by atoms with van der Waals surface area (Å²) in [6.45, 7) is 5.97. The Morgan fingerprint density at radius 1 is 1.22 bits per heavy atom. The summed E-state index contributed by atoms with van der Waals surface area (Å²) >= 11 is 0. The van der Waals surface area contributed by atoms with Crippen LogP contribution in [0, 0.1) is 12.8 Å². The number of fused-ring (bicyclic) bond motifs is 1. The first-order valence-corrected chi connectivity index (χ1v) is 9.67. The number of rotatable bonds is 5. The molecule has 0 amide bonds. The first-order valence-electron chi connectivity index (χ1n) is 9.67. The number of benzene rings is 1. The number of hydrogen-bond donors (Lipinski definition) is 0. The number of piperidine rings is 1. The number of aromatic nitrogens is 2. The highest BCUT2D eigenvalue weighted by molar-refractivity contribution is 5.99. The van der Waals surface area contributed by atoms with Crippen LogP contribution in [0.2, 0.25) is 0 Å². The lowest BCUT2D eigenvalue weighted by Gasteiger charge is -2.33. The molecule has 2 aromatic rings. The van der Waals surface area contributed by atoms with Gasteiger partial charge in [0.1, 0.15) is 11.6 Å². The molecule has 6 nitrogen and oxygen atoms in total. The molecule has 0 aliphatic carbocycles. The van der Waals surface area contributed by atoms with Gasteiger partial charge < -0.3 is 14.4 Å². The fraction of sp³-hybridized carbons (Fsp3) is 0.476. The molecular weight excluding hydrogens is 342 g/mol. The number of ketones is 1. The minimum absolute atomic E-state index is 0.0379. The first kappa shape index (κ1) is 17.8. The van der Waals surface area contributed by atoms with Gasteiger partial charge in [-0.1, -0.05) is 6.92 Å². The Balaban J connectivity index is 1.52. The van der Waals surface area contributed by atoms with Crippen LogP contribution < -0.4 is 14.4 Å². The van der Waals surface area contributed by atoms with Crippen molar-refractivity contribution >= 4 is 11.6 Å². The topological polar surface area (TPSA) is 64.6 Å². The van der Waals surface area contributed by atoms with Crippen molar-refractivity contribution in [3.8, 4) is 11.5 Å². The smallest absolute Gasteiger partial charge is 0.231 e. The van der Waals surface area contributed by atoms with Crippen LogP contribution in [-0.4, -0.2) is 35.6 Å². The summed E-state index contributed by atoms with van der Waals surface area (Å²) in [6, 6.07) is 7.48. The average molecular weight is 367 g/mol. The van der Waals surface area contributed by atoms with E-state index in [2.05, 4.69) is 16.8 Å². The van der Waals surface area contributed by atoms with Crippen LogP contribution in [0.1, 0.15) is 48.1 Å². The van der Waals surface area contributed by atoms with Crippen LogP contribution in [0.3, 0.4) is 0 Å². The molecule has 0 radical (unpaired) electrons. The van der Waals surface area contributed by atoms with Gasteiger partial charge in [-0.3, -0.25) is 4.79 Å². The third kappa shape index (κ3) is 3.75. The summed E-state index contributed by atoms with van der Waals surface area (Å²) in [6.07, 6.45) is 3.78. The van der Waals surface area contributed by atoms with Gasteiger partial charge in [-0.05, 0) is 44.4 Å². The molecular formula is C21H25N3O3. The molecule has 1 atom stereocenters. The second kappa shape index (κ2) is 7.55. The van der Waals surface area contributed by atoms with E-state index in [9.17, 15) is 4.79 Å². The highest BCUT2D eigenvalue weighted by Gasteiger charge is 2.28. The quantitative estimate of drug-likeness (QED) is 0.753. The molecule has 27 heavy (non-hydrogen) atoms.